The molecule has 0 saturated heterocycles. The van der Waals surface area contributed by atoms with Gasteiger partial charge in [0.2, 0.25) is 10.0 Å². The summed E-state index contributed by atoms with van der Waals surface area (Å²) in [6.07, 6.45) is 8.33. The molecule has 1 aromatic carbocycles. The second-order valence-electron chi connectivity index (χ2n) is 8.47. The van der Waals surface area contributed by atoms with Gasteiger partial charge in [-0.15, -0.1) is 0 Å². The van der Waals surface area contributed by atoms with Gasteiger partial charge in [-0.2, -0.15) is 0 Å². The van der Waals surface area contributed by atoms with E-state index in [1.54, 1.807) is 18.3 Å². The Labute approximate surface area is 191 Å². The average molecular weight is 466 g/mol. The first-order valence-corrected chi connectivity index (χ1v) is 12.3. The Bertz CT molecular complexity index is 1430. The van der Waals surface area contributed by atoms with Crippen LogP contribution in [-0.4, -0.2) is 27.9 Å². The molecule has 0 amide bonds. The molecule has 170 valence electrons. The molecule has 0 bridgehead atoms. The van der Waals surface area contributed by atoms with Crippen LogP contribution in [0.4, 0.5) is 4.39 Å². The summed E-state index contributed by atoms with van der Waals surface area (Å²) in [6, 6.07) is 10.4. The van der Waals surface area contributed by atoms with Crippen LogP contribution in [0.1, 0.15) is 31.7 Å². The maximum Gasteiger partial charge on any atom is 0.233 e. The molecule has 33 heavy (non-hydrogen) atoms. The Morgan fingerprint density at radius 3 is 2.52 bits per heavy atom. The van der Waals surface area contributed by atoms with Crippen LogP contribution < -0.4 is 5.14 Å². The minimum absolute atomic E-state index is 0.113. The molecule has 7 nitrogen and oxygen atoms in total. The summed E-state index contributed by atoms with van der Waals surface area (Å²) in [7, 11) is -3.74. The minimum Gasteiger partial charge on any atom is -0.346 e. The Morgan fingerprint density at radius 2 is 1.82 bits per heavy atom. The predicted octanol–water partition coefficient (Wildman–Crippen LogP) is 4.77. The molecule has 0 unspecified atom stereocenters. The van der Waals surface area contributed by atoms with Crippen LogP contribution in [0.25, 0.3) is 33.5 Å². The van der Waals surface area contributed by atoms with Crippen LogP contribution >= 0.6 is 0 Å². The number of imidazole rings is 1. The van der Waals surface area contributed by atoms with Crippen LogP contribution in [-0.2, 0) is 10.0 Å². The smallest absolute Gasteiger partial charge is 0.233 e. The molecule has 4 aromatic rings. The molecule has 0 radical (unpaired) electrons. The Balaban J connectivity index is 1.57. The third-order valence-corrected chi connectivity index (χ3v) is 7.60. The van der Waals surface area contributed by atoms with Gasteiger partial charge in [0, 0.05) is 34.9 Å². The lowest BCUT2D eigenvalue weighted by Gasteiger charge is -2.31. The molecule has 3 aromatic heterocycles. The molecule has 1 fully saturated rings. The van der Waals surface area contributed by atoms with Crippen molar-refractivity contribution < 1.29 is 12.8 Å². The van der Waals surface area contributed by atoms with E-state index in [1.807, 2.05) is 24.7 Å². The van der Waals surface area contributed by atoms with E-state index in [1.165, 1.54) is 12.1 Å². The molecule has 0 spiro atoms. The van der Waals surface area contributed by atoms with Crippen molar-refractivity contribution in [3.05, 3.63) is 72.4 Å². The molecule has 0 aliphatic heterocycles. The number of fused-ring (bicyclic) bond motifs is 1. The summed E-state index contributed by atoms with van der Waals surface area (Å²) in [6.45, 7) is 3.72. The largest absolute Gasteiger partial charge is 0.346 e. The van der Waals surface area contributed by atoms with E-state index in [0.29, 0.717) is 12.8 Å². The highest BCUT2D eigenvalue weighted by molar-refractivity contribution is 7.93. The molecule has 1 aliphatic carbocycles. The highest BCUT2D eigenvalue weighted by atomic mass is 32.2. The molecule has 0 atom stereocenters. The highest BCUT2D eigenvalue weighted by Crippen LogP contribution is 2.42. The second-order valence-corrected chi connectivity index (χ2v) is 10.1. The van der Waals surface area contributed by atoms with Gasteiger partial charge >= 0.3 is 0 Å². The van der Waals surface area contributed by atoms with Gasteiger partial charge in [0.1, 0.15) is 11.5 Å². The SMILES string of the molecule is C=C(C1CCC(n2cnc(-c3ccc(F)cc3)c2-c2ccnc3[nH]ccc23)CC1)S(N)(=O)=O. The van der Waals surface area contributed by atoms with E-state index in [9.17, 15) is 12.8 Å². The normalized spacial score (nSPS) is 19.1. The van der Waals surface area contributed by atoms with Crippen molar-refractivity contribution in [1.29, 1.82) is 0 Å². The number of pyridine rings is 1. The Hall–Kier alpha value is -3.30. The summed E-state index contributed by atoms with van der Waals surface area (Å²) < 4.78 is 39.2. The average Bonchev–Trinajstić information content (AvgIpc) is 3.46. The number of nitrogens with zero attached hydrogens (tertiary/aromatic N) is 3. The molecule has 1 aliphatic rings. The molecule has 3 N–H and O–H groups in total. The summed E-state index contributed by atoms with van der Waals surface area (Å²) in [5, 5.41) is 6.27. The van der Waals surface area contributed by atoms with Crippen LogP contribution in [0, 0.1) is 11.7 Å². The summed E-state index contributed by atoms with van der Waals surface area (Å²) in [4.78, 5) is 12.4. The fraction of sp³-hybridized carbons (Fsp3) is 0.250. The monoisotopic (exact) mass is 465 g/mol. The van der Waals surface area contributed by atoms with E-state index >= 15 is 0 Å². The van der Waals surface area contributed by atoms with E-state index in [4.69, 9.17) is 10.1 Å². The zero-order valence-electron chi connectivity index (χ0n) is 17.9. The molecular weight excluding hydrogens is 441 g/mol. The number of hydrogen-bond donors (Lipinski definition) is 2. The minimum atomic E-state index is -3.74. The van der Waals surface area contributed by atoms with Crippen LogP contribution in [0.2, 0.25) is 0 Å². The van der Waals surface area contributed by atoms with Gasteiger partial charge in [-0.3, -0.25) is 0 Å². The van der Waals surface area contributed by atoms with Gasteiger partial charge in [0.15, 0.2) is 0 Å². The molecule has 1 saturated carbocycles. The van der Waals surface area contributed by atoms with Crippen LogP contribution in [0.15, 0.2) is 66.6 Å². The number of hydrogen-bond acceptors (Lipinski definition) is 4. The quantitative estimate of drug-likeness (QED) is 0.443. The maximum absolute atomic E-state index is 13.6. The third-order valence-electron chi connectivity index (χ3n) is 6.54. The fourth-order valence-corrected chi connectivity index (χ4v) is 5.50. The number of nitrogens with one attached hydrogen (secondary N) is 1. The molecule has 5 rings (SSSR count). The van der Waals surface area contributed by atoms with Crippen LogP contribution in [0.3, 0.4) is 0 Å². The predicted molar refractivity (Wildman–Crippen MR) is 126 cm³/mol. The topological polar surface area (TPSA) is 107 Å². The third kappa shape index (κ3) is 3.98. The van der Waals surface area contributed by atoms with Gasteiger partial charge in [-0.25, -0.2) is 27.9 Å². The van der Waals surface area contributed by atoms with Crippen molar-refractivity contribution in [1.82, 2.24) is 19.5 Å². The van der Waals surface area contributed by atoms with Gasteiger partial charge in [-0.1, -0.05) is 6.58 Å². The van der Waals surface area contributed by atoms with Gasteiger partial charge in [0.05, 0.1) is 22.6 Å². The number of aromatic nitrogens is 4. The first kappa shape index (κ1) is 21.5. The van der Waals surface area contributed by atoms with E-state index in [0.717, 1.165) is 46.4 Å². The van der Waals surface area contributed by atoms with Crippen molar-refractivity contribution in [3.63, 3.8) is 0 Å². The van der Waals surface area contributed by atoms with Crippen molar-refractivity contribution >= 4 is 21.1 Å². The Morgan fingerprint density at radius 1 is 1.09 bits per heavy atom. The number of benzene rings is 1. The standard InChI is InChI=1S/C24H24FN5O2S/c1-15(33(26,31)32)16-4-8-19(9-5-16)30-14-29-22(17-2-6-18(25)7-3-17)23(30)20-10-12-27-24-21(20)11-13-28-24/h2-3,6-7,10-14,16,19H,1,4-5,8-9H2,(H,27,28)(H2,26,31,32). The molecular formula is C24H24FN5O2S. The van der Waals surface area contributed by atoms with E-state index in [-0.39, 0.29) is 22.7 Å². The van der Waals surface area contributed by atoms with Gasteiger partial charge in [0.25, 0.3) is 0 Å². The maximum atomic E-state index is 13.6. The number of nitrogens with two attached hydrogens (primary N) is 1. The van der Waals surface area contributed by atoms with Gasteiger partial charge < -0.3 is 9.55 Å². The lowest BCUT2D eigenvalue weighted by atomic mass is 9.85. The van der Waals surface area contributed by atoms with Crippen molar-refractivity contribution in [2.45, 2.75) is 31.7 Å². The second kappa shape index (κ2) is 8.24. The summed E-state index contributed by atoms with van der Waals surface area (Å²) in [5.74, 6) is -0.442. The van der Waals surface area contributed by atoms with E-state index < -0.39 is 10.0 Å². The van der Waals surface area contributed by atoms with Crippen molar-refractivity contribution in [3.8, 4) is 22.5 Å². The number of H-pyrrole nitrogens is 1. The molecule has 3 heterocycles. The van der Waals surface area contributed by atoms with Gasteiger partial charge in [-0.05, 0) is 68.0 Å². The highest BCUT2D eigenvalue weighted by Gasteiger charge is 2.30. The van der Waals surface area contributed by atoms with Crippen molar-refractivity contribution in [2.75, 3.05) is 0 Å². The van der Waals surface area contributed by atoms with E-state index in [2.05, 4.69) is 21.1 Å². The number of aromatic amines is 1. The first-order valence-electron chi connectivity index (χ1n) is 10.8. The first-order chi connectivity index (χ1) is 15.8. The fourth-order valence-electron chi connectivity index (χ4n) is 4.80. The summed E-state index contributed by atoms with van der Waals surface area (Å²) >= 11 is 0. The number of sulfonamides is 1. The number of rotatable bonds is 5. The Kier molecular flexibility index (Phi) is 5.38. The van der Waals surface area contributed by atoms with Crippen molar-refractivity contribution in [2.24, 2.45) is 11.1 Å². The molecule has 9 heteroatoms. The lowest BCUT2D eigenvalue weighted by Crippen LogP contribution is -2.25. The zero-order valence-corrected chi connectivity index (χ0v) is 18.7. The zero-order chi connectivity index (χ0) is 23.2. The summed E-state index contributed by atoms with van der Waals surface area (Å²) in [5.41, 5.74) is 4.27. The number of halogens is 1. The van der Waals surface area contributed by atoms with Crippen LogP contribution in [0.5, 0.6) is 0 Å². The number of primary sulfonamides is 1. The lowest BCUT2D eigenvalue weighted by molar-refractivity contribution is 0.307. The number of allylic oxidation sites excluding steroid dienone is 1.